The van der Waals surface area contributed by atoms with E-state index in [0.717, 1.165) is 55.5 Å². The molecule has 1 aromatic carbocycles. The average Bonchev–Trinajstić information content (AvgIpc) is 2.76. The van der Waals surface area contributed by atoms with E-state index in [1.165, 1.54) is 12.1 Å². The first-order valence-corrected chi connectivity index (χ1v) is 7.30. The molecule has 21 heavy (non-hydrogen) atoms. The number of halogens is 1. The lowest BCUT2D eigenvalue weighted by atomic mass is 10.1. The highest BCUT2D eigenvalue weighted by atomic mass is 19.1. The third kappa shape index (κ3) is 3.36. The maximum absolute atomic E-state index is 13.0. The quantitative estimate of drug-likeness (QED) is 0.920. The highest BCUT2D eigenvalue weighted by Crippen LogP contribution is 2.21. The molecule has 3 rings (SSSR count). The molecule has 2 heterocycles. The summed E-state index contributed by atoms with van der Waals surface area (Å²) in [6, 6.07) is 8.37. The predicted molar refractivity (Wildman–Crippen MR) is 81.9 cm³/mol. The smallest absolute Gasteiger partial charge is 0.226 e. The van der Waals surface area contributed by atoms with Gasteiger partial charge in [0.05, 0.1) is 5.69 Å². The summed E-state index contributed by atoms with van der Waals surface area (Å²) < 4.78 is 13.0. The third-order valence-corrected chi connectivity index (χ3v) is 3.61. The lowest BCUT2D eigenvalue weighted by molar-refractivity contribution is 0.628. The van der Waals surface area contributed by atoms with Crippen LogP contribution >= 0.6 is 0 Å². The SMILES string of the molecule is Cc1cc(-c2ccc(F)cc2)nc(N2CCCNCC2)n1. The number of rotatable bonds is 2. The minimum Gasteiger partial charge on any atom is -0.339 e. The molecule has 1 fully saturated rings. The number of nitrogens with zero attached hydrogens (tertiary/aromatic N) is 3. The standard InChI is InChI=1S/C16H19FN4/c1-12-11-15(13-3-5-14(17)6-4-13)20-16(19-12)21-9-2-7-18-8-10-21/h3-6,11,18H,2,7-10H2,1H3. The summed E-state index contributed by atoms with van der Waals surface area (Å²) in [5, 5.41) is 3.38. The fraction of sp³-hybridized carbons (Fsp3) is 0.375. The van der Waals surface area contributed by atoms with Crippen molar-refractivity contribution in [2.45, 2.75) is 13.3 Å². The first-order chi connectivity index (χ1) is 10.2. The highest BCUT2D eigenvalue weighted by Gasteiger charge is 2.14. The van der Waals surface area contributed by atoms with Gasteiger partial charge in [-0.05, 0) is 50.2 Å². The molecule has 0 spiro atoms. The molecule has 1 aromatic heterocycles. The zero-order chi connectivity index (χ0) is 14.7. The predicted octanol–water partition coefficient (Wildman–Crippen LogP) is 2.39. The Kier molecular flexibility index (Phi) is 4.10. The summed E-state index contributed by atoms with van der Waals surface area (Å²) >= 11 is 0. The molecule has 110 valence electrons. The van der Waals surface area contributed by atoms with Crippen LogP contribution in [0.15, 0.2) is 30.3 Å². The normalized spacial score (nSPS) is 15.8. The van der Waals surface area contributed by atoms with Gasteiger partial charge < -0.3 is 10.2 Å². The summed E-state index contributed by atoms with van der Waals surface area (Å²) in [6.45, 7) is 5.82. The van der Waals surface area contributed by atoms with Gasteiger partial charge in [0, 0.05) is 30.9 Å². The Balaban J connectivity index is 1.93. The van der Waals surface area contributed by atoms with Gasteiger partial charge in [-0.2, -0.15) is 0 Å². The second kappa shape index (κ2) is 6.18. The van der Waals surface area contributed by atoms with Gasteiger partial charge in [-0.1, -0.05) is 0 Å². The Morgan fingerprint density at radius 1 is 1.10 bits per heavy atom. The summed E-state index contributed by atoms with van der Waals surface area (Å²) in [7, 11) is 0. The van der Waals surface area contributed by atoms with Crippen LogP contribution in [0.2, 0.25) is 0 Å². The van der Waals surface area contributed by atoms with Crippen LogP contribution in [0, 0.1) is 12.7 Å². The van der Waals surface area contributed by atoms with Gasteiger partial charge in [0.2, 0.25) is 5.95 Å². The Morgan fingerprint density at radius 3 is 2.71 bits per heavy atom. The maximum Gasteiger partial charge on any atom is 0.226 e. The summed E-state index contributed by atoms with van der Waals surface area (Å²) in [5.41, 5.74) is 2.68. The van der Waals surface area contributed by atoms with E-state index in [2.05, 4.69) is 20.2 Å². The summed E-state index contributed by atoms with van der Waals surface area (Å²) in [4.78, 5) is 11.4. The third-order valence-electron chi connectivity index (χ3n) is 3.61. The van der Waals surface area contributed by atoms with Gasteiger partial charge >= 0.3 is 0 Å². The molecule has 0 unspecified atom stereocenters. The summed E-state index contributed by atoms with van der Waals surface area (Å²) in [6.07, 6.45) is 1.09. The van der Waals surface area contributed by atoms with Gasteiger partial charge in [0.15, 0.2) is 0 Å². The van der Waals surface area contributed by atoms with Gasteiger partial charge in [-0.3, -0.25) is 0 Å². The molecule has 1 saturated heterocycles. The average molecular weight is 286 g/mol. The second-order valence-electron chi connectivity index (χ2n) is 5.29. The molecule has 0 atom stereocenters. The van der Waals surface area contributed by atoms with Gasteiger partial charge in [-0.15, -0.1) is 0 Å². The van der Waals surface area contributed by atoms with Crippen molar-refractivity contribution in [3.8, 4) is 11.3 Å². The van der Waals surface area contributed by atoms with Crippen molar-refractivity contribution in [3.63, 3.8) is 0 Å². The zero-order valence-electron chi connectivity index (χ0n) is 12.1. The molecule has 1 N–H and O–H groups in total. The lowest BCUT2D eigenvalue weighted by Gasteiger charge is -2.20. The Labute approximate surface area is 124 Å². The first-order valence-electron chi connectivity index (χ1n) is 7.30. The number of benzene rings is 1. The molecule has 0 radical (unpaired) electrons. The van der Waals surface area contributed by atoms with Crippen molar-refractivity contribution in [2.75, 3.05) is 31.1 Å². The molecule has 5 heteroatoms. The van der Waals surface area contributed by atoms with E-state index in [1.807, 2.05) is 13.0 Å². The number of nitrogens with one attached hydrogen (secondary N) is 1. The number of anilines is 1. The van der Waals surface area contributed by atoms with E-state index < -0.39 is 0 Å². The van der Waals surface area contributed by atoms with Gasteiger partial charge in [0.1, 0.15) is 5.82 Å². The van der Waals surface area contributed by atoms with Crippen LogP contribution in [0.1, 0.15) is 12.1 Å². The van der Waals surface area contributed by atoms with Crippen LogP contribution < -0.4 is 10.2 Å². The minimum atomic E-state index is -0.233. The van der Waals surface area contributed by atoms with Crippen molar-refractivity contribution in [3.05, 3.63) is 41.8 Å². The van der Waals surface area contributed by atoms with E-state index in [0.29, 0.717) is 0 Å². The van der Waals surface area contributed by atoms with Crippen LogP contribution in [0.3, 0.4) is 0 Å². The van der Waals surface area contributed by atoms with Crippen molar-refractivity contribution in [1.29, 1.82) is 0 Å². The molecule has 2 aromatic rings. The van der Waals surface area contributed by atoms with E-state index in [9.17, 15) is 4.39 Å². The number of aromatic nitrogens is 2. The van der Waals surface area contributed by atoms with Crippen LogP contribution in [0.4, 0.5) is 10.3 Å². The van der Waals surface area contributed by atoms with Crippen LogP contribution in [-0.2, 0) is 0 Å². The molecular formula is C16H19FN4. The van der Waals surface area contributed by atoms with Crippen molar-refractivity contribution >= 4 is 5.95 Å². The van der Waals surface area contributed by atoms with E-state index in [4.69, 9.17) is 0 Å². The highest BCUT2D eigenvalue weighted by molar-refractivity contribution is 5.61. The molecular weight excluding hydrogens is 267 g/mol. The van der Waals surface area contributed by atoms with Crippen LogP contribution in [0.25, 0.3) is 11.3 Å². The monoisotopic (exact) mass is 286 g/mol. The maximum atomic E-state index is 13.0. The second-order valence-corrected chi connectivity index (χ2v) is 5.29. The van der Waals surface area contributed by atoms with Crippen molar-refractivity contribution < 1.29 is 4.39 Å². The number of hydrogen-bond donors (Lipinski definition) is 1. The number of hydrogen-bond acceptors (Lipinski definition) is 4. The van der Waals surface area contributed by atoms with E-state index >= 15 is 0 Å². The molecule has 4 nitrogen and oxygen atoms in total. The van der Waals surface area contributed by atoms with Gasteiger partial charge in [-0.25, -0.2) is 14.4 Å². The Morgan fingerprint density at radius 2 is 1.90 bits per heavy atom. The fourth-order valence-electron chi connectivity index (χ4n) is 2.51. The molecule has 0 aliphatic carbocycles. The fourth-order valence-corrected chi connectivity index (χ4v) is 2.51. The summed E-state index contributed by atoms with van der Waals surface area (Å²) in [5.74, 6) is 0.529. The van der Waals surface area contributed by atoms with Crippen molar-refractivity contribution in [2.24, 2.45) is 0 Å². The minimum absolute atomic E-state index is 0.233. The zero-order valence-corrected chi connectivity index (χ0v) is 12.1. The van der Waals surface area contributed by atoms with Gasteiger partial charge in [0.25, 0.3) is 0 Å². The topological polar surface area (TPSA) is 41.1 Å². The molecule has 0 saturated carbocycles. The van der Waals surface area contributed by atoms with Crippen LogP contribution in [0.5, 0.6) is 0 Å². The van der Waals surface area contributed by atoms with Crippen LogP contribution in [-0.4, -0.2) is 36.1 Å². The molecule has 1 aliphatic rings. The largest absolute Gasteiger partial charge is 0.339 e. The lowest BCUT2D eigenvalue weighted by Crippen LogP contribution is -2.29. The Bertz CT molecular complexity index is 604. The Hall–Kier alpha value is -2.01. The molecule has 0 bridgehead atoms. The van der Waals surface area contributed by atoms with Crippen molar-refractivity contribution in [1.82, 2.24) is 15.3 Å². The first kappa shape index (κ1) is 13.9. The number of aryl methyl sites for hydroxylation is 1. The van der Waals surface area contributed by atoms with E-state index in [1.54, 1.807) is 12.1 Å². The van der Waals surface area contributed by atoms with E-state index in [-0.39, 0.29) is 5.82 Å². The molecule has 0 amide bonds. The molecule has 1 aliphatic heterocycles.